The van der Waals surface area contributed by atoms with Gasteiger partial charge in [0, 0.05) is 19.6 Å². The SMILES string of the molecule is CN(C)CCN(Cc1ccccc1)S(=O)(=O)c1cc(C(F)(F)F)cc(C(F)(F)F)c1. The van der Waals surface area contributed by atoms with Crippen LogP contribution < -0.4 is 0 Å². The van der Waals surface area contributed by atoms with Gasteiger partial charge in [0.2, 0.25) is 10.0 Å². The van der Waals surface area contributed by atoms with Crippen LogP contribution in [-0.4, -0.2) is 44.8 Å². The normalized spacial score (nSPS) is 13.3. The maximum Gasteiger partial charge on any atom is 0.416 e. The molecule has 30 heavy (non-hydrogen) atoms. The van der Waals surface area contributed by atoms with Crippen molar-refractivity contribution >= 4 is 10.0 Å². The largest absolute Gasteiger partial charge is 0.416 e. The van der Waals surface area contributed by atoms with Crippen molar-refractivity contribution in [2.45, 2.75) is 23.8 Å². The van der Waals surface area contributed by atoms with Gasteiger partial charge in [0.25, 0.3) is 0 Å². The van der Waals surface area contributed by atoms with Gasteiger partial charge in [-0.05, 0) is 37.9 Å². The van der Waals surface area contributed by atoms with Crippen LogP contribution in [0, 0.1) is 0 Å². The molecule has 0 unspecified atom stereocenters. The van der Waals surface area contributed by atoms with Crippen LogP contribution in [0.4, 0.5) is 26.3 Å². The molecule has 0 saturated heterocycles. The lowest BCUT2D eigenvalue weighted by Crippen LogP contribution is -2.36. The number of alkyl halides is 6. The number of likely N-dealkylation sites (N-methyl/N-ethyl adjacent to an activating group) is 1. The molecule has 11 heteroatoms. The van der Waals surface area contributed by atoms with Crippen LogP contribution in [-0.2, 0) is 28.9 Å². The minimum atomic E-state index is -5.14. The first-order chi connectivity index (χ1) is 13.7. The van der Waals surface area contributed by atoms with E-state index in [1.165, 1.54) is 0 Å². The second kappa shape index (κ2) is 8.94. The van der Waals surface area contributed by atoms with E-state index in [1.807, 2.05) is 0 Å². The third kappa shape index (κ3) is 6.19. The molecule has 2 aromatic carbocycles. The molecule has 0 aromatic heterocycles. The average Bonchev–Trinajstić information content (AvgIpc) is 2.64. The molecule has 0 atom stereocenters. The number of hydrogen-bond acceptors (Lipinski definition) is 3. The summed E-state index contributed by atoms with van der Waals surface area (Å²) < 4.78 is 106. The van der Waals surface area contributed by atoms with Gasteiger partial charge in [-0.1, -0.05) is 30.3 Å². The number of halogens is 6. The summed E-state index contributed by atoms with van der Waals surface area (Å²) in [7, 11) is -1.32. The average molecular weight is 454 g/mol. The maximum atomic E-state index is 13.1. The second-order valence-electron chi connectivity index (χ2n) is 6.87. The van der Waals surface area contributed by atoms with Crippen LogP contribution in [0.5, 0.6) is 0 Å². The molecule has 2 aromatic rings. The highest BCUT2D eigenvalue weighted by molar-refractivity contribution is 7.89. The zero-order valence-corrected chi connectivity index (χ0v) is 16.9. The van der Waals surface area contributed by atoms with Gasteiger partial charge in [0.1, 0.15) is 0 Å². The van der Waals surface area contributed by atoms with Crippen molar-refractivity contribution in [3.63, 3.8) is 0 Å². The quantitative estimate of drug-likeness (QED) is 0.580. The molecule has 0 N–H and O–H groups in total. The predicted octanol–water partition coefficient (Wildman–Crippen LogP) is 4.48. The van der Waals surface area contributed by atoms with Gasteiger partial charge in [-0.25, -0.2) is 8.42 Å². The number of nitrogens with zero attached hydrogens (tertiary/aromatic N) is 2. The fraction of sp³-hybridized carbons (Fsp3) is 0.368. The molecule has 166 valence electrons. The summed E-state index contributed by atoms with van der Waals surface area (Å²) in [6, 6.07) is 8.61. The molecule has 4 nitrogen and oxygen atoms in total. The molecular formula is C19H20F6N2O2S. The number of rotatable bonds is 7. The van der Waals surface area contributed by atoms with E-state index in [2.05, 4.69) is 0 Å². The minimum absolute atomic E-state index is 0.0968. The van der Waals surface area contributed by atoms with E-state index in [0.717, 1.165) is 4.31 Å². The van der Waals surface area contributed by atoms with Crippen molar-refractivity contribution in [1.29, 1.82) is 0 Å². The predicted molar refractivity (Wildman–Crippen MR) is 99.0 cm³/mol. The zero-order chi connectivity index (χ0) is 22.7. The second-order valence-corrected chi connectivity index (χ2v) is 8.81. The summed E-state index contributed by atoms with van der Waals surface area (Å²) in [5.74, 6) is 0. The van der Waals surface area contributed by atoms with Crippen LogP contribution in [0.1, 0.15) is 16.7 Å². The Morgan fingerprint density at radius 1 is 0.800 bits per heavy atom. The first-order valence-corrected chi connectivity index (χ1v) is 10.1. The van der Waals surface area contributed by atoms with Gasteiger partial charge < -0.3 is 4.90 Å². The lowest BCUT2D eigenvalue weighted by atomic mass is 10.1. The first kappa shape index (κ1) is 24.2. The van der Waals surface area contributed by atoms with E-state index in [1.54, 1.807) is 49.3 Å². The molecule has 0 amide bonds. The fourth-order valence-electron chi connectivity index (χ4n) is 2.61. The molecule has 0 spiro atoms. The Bertz CT molecular complexity index is 925. The van der Waals surface area contributed by atoms with E-state index >= 15 is 0 Å². The van der Waals surface area contributed by atoms with E-state index in [9.17, 15) is 34.8 Å². The molecule has 0 heterocycles. The molecule has 0 radical (unpaired) electrons. The van der Waals surface area contributed by atoms with Gasteiger partial charge in [-0.15, -0.1) is 0 Å². The Morgan fingerprint density at radius 2 is 1.30 bits per heavy atom. The maximum absolute atomic E-state index is 13.1. The van der Waals surface area contributed by atoms with Gasteiger partial charge in [0.05, 0.1) is 16.0 Å². The number of hydrogen-bond donors (Lipinski definition) is 0. The van der Waals surface area contributed by atoms with E-state index in [0.29, 0.717) is 5.56 Å². The molecule has 0 aliphatic rings. The minimum Gasteiger partial charge on any atom is -0.308 e. The summed E-state index contributed by atoms with van der Waals surface area (Å²) in [5, 5.41) is 0. The van der Waals surface area contributed by atoms with Crippen molar-refractivity contribution in [3.05, 3.63) is 65.2 Å². The molecule has 0 bridgehead atoms. The zero-order valence-electron chi connectivity index (χ0n) is 16.1. The monoisotopic (exact) mass is 454 g/mol. The van der Waals surface area contributed by atoms with Crippen molar-refractivity contribution < 1.29 is 34.8 Å². The Hall–Kier alpha value is -2.11. The van der Waals surface area contributed by atoms with E-state index < -0.39 is 38.4 Å². The Kier molecular flexibility index (Phi) is 7.20. The Labute approximate surface area is 170 Å². The van der Waals surface area contributed by atoms with Crippen LogP contribution in [0.2, 0.25) is 0 Å². The third-order valence-corrected chi connectivity index (χ3v) is 6.02. The van der Waals surface area contributed by atoms with Crippen molar-refractivity contribution in [2.24, 2.45) is 0 Å². The standard InChI is InChI=1S/C19H20F6N2O2S/c1-26(2)8-9-27(13-14-6-4-3-5-7-14)30(28,29)17-11-15(18(20,21)22)10-16(12-17)19(23,24)25/h3-7,10-12H,8-9,13H2,1-2H3. The highest BCUT2D eigenvalue weighted by atomic mass is 32.2. The summed E-state index contributed by atoms with van der Waals surface area (Å²) in [4.78, 5) is 0.597. The molecular weight excluding hydrogens is 434 g/mol. The van der Waals surface area contributed by atoms with Crippen LogP contribution in [0.3, 0.4) is 0 Å². The first-order valence-electron chi connectivity index (χ1n) is 8.69. The van der Waals surface area contributed by atoms with Crippen LogP contribution >= 0.6 is 0 Å². The lowest BCUT2D eigenvalue weighted by molar-refractivity contribution is -0.143. The Balaban J connectivity index is 2.57. The van der Waals surface area contributed by atoms with Crippen LogP contribution in [0.15, 0.2) is 53.4 Å². The van der Waals surface area contributed by atoms with Gasteiger partial charge in [-0.2, -0.15) is 30.6 Å². The van der Waals surface area contributed by atoms with E-state index in [4.69, 9.17) is 0 Å². The number of benzene rings is 2. The summed E-state index contributed by atoms with van der Waals surface area (Å²) in [6.45, 7) is -0.104. The van der Waals surface area contributed by atoms with Gasteiger partial charge >= 0.3 is 12.4 Å². The molecule has 0 fully saturated rings. The third-order valence-electron chi connectivity index (χ3n) is 4.20. The summed E-state index contributed by atoms with van der Waals surface area (Å²) >= 11 is 0. The molecule has 0 saturated carbocycles. The summed E-state index contributed by atoms with van der Waals surface area (Å²) in [6.07, 6.45) is -10.3. The van der Waals surface area contributed by atoms with Crippen LogP contribution in [0.25, 0.3) is 0 Å². The fourth-order valence-corrected chi connectivity index (χ4v) is 4.10. The highest BCUT2D eigenvalue weighted by Gasteiger charge is 2.39. The topological polar surface area (TPSA) is 40.6 Å². The lowest BCUT2D eigenvalue weighted by Gasteiger charge is -2.25. The molecule has 2 rings (SSSR count). The van der Waals surface area contributed by atoms with Crippen molar-refractivity contribution in [3.8, 4) is 0 Å². The smallest absolute Gasteiger partial charge is 0.308 e. The molecule has 0 aliphatic heterocycles. The molecule has 0 aliphatic carbocycles. The van der Waals surface area contributed by atoms with E-state index in [-0.39, 0.29) is 37.8 Å². The van der Waals surface area contributed by atoms with Crippen molar-refractivity contribution in [2.75, 3.05) is 27.2 Å². The van der Waals surface area contributed by atoms with Gasteiger partial charge in [-0.3, -0.25) is 0 Å². The number of sulfonamides is 1. The summed E-state index contributed by atoms with van der Waals surface area (Å²) in [5.41, 5.74) is -2.81. The van der Waals surface area contributed by atoms with Gasteiger partial charge in [0.15, 0.2) is 0 Å². The van der Waals surface area contributed by atoms with Crippen molar-refractivity contribution in [1.82, 2.24) is 9.21 Å². The Morgan fingerprint density at radius 3 is 1.73 bits per heavy atom. The highest BCUT2D eigenvalue weighted by Crippen LogP contribution is 2.37.